The Labute approximate surface area is 161 Å². The number of nitrogens with one attached hydrogen (secondary N) is 2. The summed E-state index contributed by atoms with van der Waals surface area (Å²) in [5.41, 5.74) is 3.88. The highest BCUT2D eigenvalue weighted by atomic mass is 16.1. The molecule has 1 aliphatic rings. The molecule has 0 saturated heterocycles. The average Bonchev–Trinajstić information content (AvgIpc) is 2.69. The van der Waals surface area contributed by atoms with E-state index in [-0.39, 0.29) is 5.91 Å². The highest BCUT2D eigenvalue weighted by molar-refractivity contribution is 6.02. The van der Waals surface area contributed by atoms with Crippen LogP contribution in [-0.2, 0) is 0 Å². The lowest BCUT2D eigenvalue weighted by Gasteiger charge is -2.13. The van der Waals surface area contributed by atoms with Gasteiger partial charge in [0, 0.05) is 18.4 Å². The molecular formula is C22H28N4O. The van der Waals surface area contributed by atoms with Crippen molar-refractivity contribution in [3.05, 3.63) is 59.4 Å². The molecule has 0 spiro atoms. The third kappa shape index (κ3) is 5.64. The van der Waals surface area contributed by atoms with Crippen molar-refractivity contribution in [3.8, 4) is 0 Å². The van der Waals surface area contributed by atoms with Crippen molar-refractivity contribution in [2.75, 3.05) is 17.2 Å². The predicted molar refractivity (Wildman–Crippen MR) is 110 cm³/mol. The molecule has 1 heterocycles. The topological polar surface area (TPSA) is 66.9 Å². The second-order valence-corrected chi connectivity index (χ2v) is 7.28. The minimum atomic E-state index is -0.229. The number of carbonyl (C=O) groups is 1. The third-order valence-corrected chi connectivity index (χ3v) is 4.84. The molecule has 0 unspecified atom stereocenters. The zero-order valence-electron chi connectivity index (χ0n) is 16.2. The molecule has 1 aromatic carbocycles. The summed E-state index contributed by atoms with van der Waals surface area (Å²) in [5.74, 6) is 0.733. The Bertz CT molecular complexity index is 796. The Kier molecular flexibility index (Phi) is 6.58. The second-order valence-electron chi connectivity index (χ2n) is 7.28. The fourth-order valence-corrected chi connectivity index (χ4v) is 3.18. The van der Waals surface area contributed by atoms with E-state index in [0.29, 0.717) is 17.6 Å². The van der Waals surface area contributed by atoms with Crippen molar-refractivity contribution in [1.82, 2.24) is 9.97 Å². The highest BCUT2D eigenvalue weighted by Gasteiger charge is 2.10. The predicted octanol–water partition coefficient (Wildman–Crippen LogP) is 5.15. The maximum Gasteiger partial charge on any atom is 0.274 e. The standard InChI is InChI=1S/C22H28N4O/c1-16(2)18-8-10-19(11-9-18)25-21(27)20-13-15-24-22(26-20)23-14-12-17-6-4-3-5-7-17/h6,8-11,13,15-16H,3-5,7,12,14H2,1-2H3,(H,25,27)(H,23,24,26). The first kappa shape index (κ1) is 19.1. The molecular weight excluding hydrogens is 336 g/mol. The van der Waals surface area contributed by atoms with Crippen LogP contribution in [0.25, 0.3) is 0 Å². The van der Waals surface area contributed by atoms with Crippen LogP contribution in [0.3, 0.4) is 0 Å². The minimum Gasteiger partial charge on any atom is -0.354 e. The van der Waals surface area contributed by atoms with Crippen molar-refractivity contribution in [3.63, 3.8) is 0 Å². The summed E-state index contributed by atoms with van der Waals surface area (Å²) in [4.78, 5) is 21.0. The highest BCUT2D eigenvalue weighted by Crippen LogP contribution is 2.20. The van der Waals surface area contributed by atoms with Crippen LogP contribution in [0, 0.1) is 0 Å². The zero-order valence-corrected chi connectivity index (χ0v) is 16.2. The van der Waals surface area contributed by atoms with Gasteiger partial charge in [0.2, 0.25) is 5.95 Å². The van der Waals surface area contributed by atoms with Gasteiger partial charge < -0.3 is 10.6 Å². The largest absolute Gasteiger partial charge is 0.354 e. The van der Waals surface area contributed by atoms with E-state index in [4.69, 9.17) is 0 Å². The van der Waals surface area contributed by atoms with Crippen molar-refractivity contribution in [1.29, 1.82) is 0 Å². The van der Waals surface area contributed by atoms with E-state index in [1.54, 1.807) is 12.3 Å². The van der Waals surface area contributed by atoms with Crippen LogP contribution >= 0.6 is 0 Å². The molecule has 0 fully saturated rings. The van der Waals surface area contributed by atoms with Crippen molar-refractivity contribution >= 4 is 17.5 Å². The lowest BCUT2D eigenvalue weighted by molar-refractivity contribution is 0.102. The van der Waals surface area contributed by atoms with E-state index >= 15 is 0 Å². The molecule has 1 aliphatic carbocycles. The molecule has 2 N–H and O–H groups in total. The van der Waals surface area contributed by atoms with Gasteiger partial charge in [0.05, 0.1) is 0 Å². The number of aromatic nitrogens is 2. The summed E-state index contributed by atoms with van der Waals surface area (Å²) in [6.07, 6.45) is 9.95. The molecule has 5 nitrogen and oxygen atoms in total. The molecule has 1 amide bonds. The van der Waals surface area contributed by atoms with Crippen LogP contribution in [0.15, 0.2) is 48.2 Å². The van der Waals surface area contributed by atoms with Gasteiger partial charge in [-0.15, -0.1) is 0 Å². The van der Waals surface area contributed by atoms with Gasteiger partial charge in [-0.3, -0.25) is 4.79 Å². The normalized spacial score (nSPS) is 14.0. The minimum absolute atomic E-state index is 0.229. The smallest absolute Gasteiger partial charge is 0.274 e. The molecule has 5 heteroatoms. The molecule has 2 aromatic rings. The van der Waals surface area contributed by atoms with Crippen molar-refractivity contribution < 1.29 is 4.79 Å². The first-order valence-electron chi connectivity index (χ1n) is 9.78. The van der Waals surface area contributed by atoms with Gasteiger partial charge in [0.15, 0.2) is 0 Å². The molecule has 1 aromatic heterocycles. The van der Waals surface area contributed by atoms with Gasteiger partial charge in [-0.2, -0.15) is 0 Å². The molecule has 0 atom stereocenters. The monoisotopic (exact) mass is 364 g/mol. The van der Waals surface area contributed by atoms with Gasteiger partial charge in [-0.25, -0.2) is 9.97 Å². The fraction of sp³-hybridized carbons (Fsp3) is 0.409. The molecule has 27 heavy (non-hydrogen) atoms. The summed E-state index contributed by atoms with van der Waals surface area (Å²) in [7, 11) is 0. The van der Waals surface area contributed by atoms with Crippen LogP contribution in [0.2, 0.25) is 0 Å². The summed E-state index contributed by atoms with van der Waals surface area (Å²) >= 11 is 0. The van der Waals surface area contributed by atoms with Crippen LogP contribution in [-0.4, -0.2) is 22.4 Å². The molecule has 3 rings (SSSR count). The number of allylic oxidation sites excluding steroid dienone is 1. The second kappa shape index (κ2) is 9.31. The first-order valence-corrected chi connectivity index (χ1v) is 9.78. The quantitative estimate of drug-likeness (QED) is 0.666. The Morgan fingerprint density at radius 2 is 1.96 bits per heavy atom. The van der Waals surface area contributed by atoms with E-state index in [9.17, 15) is 4.79 Å². The Morgan fingerprint density at radius 1 is 1.15 bits per heavy atom. The SMILES string of the molecule is CC(C)c1ccc(NC(=O)c2ccnc(NCCC3=CCCCC3)n2)cc1. The number of nitrogens with zero attached hydrogens (tertiary/aromatic N) is 2. The molecule has 0 saturated carbocycles. The average molecular weight is 364 g/mol. The molecule has 0 radical (unpaired) electrons. The molecule has 0 aliphatic heterocycles. The van der Waals surface area contributed by atoms with Crippen LogP contribution in [0.1, 0.15) is 67.9 Å². The number of anilines is 2. The number of benzene rings is 1. The number of hydrogen-bond acceptors (Lipinski definition) is 4. The van der Waals surface area contributed by atoms with Gasteiger partial charge in [-0.05, 0) is 61.8 Å². The number of hydrogen-bond donors (Lipinski definition) is 2. The van der Waals surface area contributed by atoms with Crippen molar-refractivity contribution in [2.24, 2.45) is 0 Å². The van der Waals surface area contributed by atoms with E-state index in [1.807, 2.05) is 24.3 Å². The molecule has 142 valence electrons. The van der Waals surface area contributed by atoms with Gasteiger partial charge in [0.25, 0.3) is 5.91 Å². The van der Waals surface area contributed by atoms with E-state index < -0.39 is 0 Å². The Hall–Kier alpha value is -2.69. The summed E-state index contributed by atoms with van der Waals surface area (Å²) in [6.45, 7) is 5.08. The van der Waals surface area contributed by atoms with E-state index in [1.165, 1.54) is 36.8 Å². The van der Waals surface area contributed by atoms with Gasteiger partial charge >= 0.3 is 0 Å². The maximum absolute atomic E-state index is 12.5. The molecule has 0 bridgehead atoms. The lowest BCUT2D eigenvalue weighted by atomic mass is 9.97. The first-order chi connectivity index (χ1) is 13.1. The van der Waals surface area contributed by atoms with E-state index in [0.717, 1.165) is 18.7 Å². The fourth-order valence-electron chi connectivity index (χ4n) is 3.18. The number of carbonyl (C=O) groups excluding carboxylic acids is 1. The van der Waals surface area contributed by atoms with E-state index in [2.05, 4.69) is 40.5 Å². The zero-order chi connectivity index (χ0) is 19.1. The van der Waals surface area contributed by atoms with Gasteiger partial charge in [0.1, 0.15) is 5.69 Å². The Balaban J connectivity index is 1.55. The summed E-state index contributed by atoms with van der Waals surface area (Å²) in [6, 6.07) is 9.55. The van der Waals surface area contributed by atoms with Crippen LogP contribution in [0.4, 0.5) is 11.6 Å². The van der Waals surface area contributed by atoms with Crippen LogP contribution < -0.4 is 10.6 Å². The lowest BCUT2D eigenvalue weighted by Crippen LogP contribution is -2.16. The number of amides is 1. The van der Waals surface area contributed by atoms with Crippen LogP contribution in [0.5, 0.6) is 0 Å². The Morgan fingerprint density at radius 3 is 2.67 bits per heavy atom. The van der Waals surface area contributed by atoms with Crippen molar-refractivity contribution in [2.45, 2.75) is 51.9 Å². The summed E-state index contributed by atoms with van der Waals surface area (Å²) < 4.78 is 0. The third-order valence-electron chi connectivity index (χ3n) is 4.84. The number of rotatable bonds is 7. The van der Waals surface area contributed by atoms with Gasteiger partial charge in [-0.1, -0.05) is 37.6 Å². The summed E-state index contributed by atoms with van der Waals surface area (Å²) in [5, 5.41) is 6.12. The maximum atomic E-state index is 12.5.